The molecule has 0 spiro atoms. The largest absolute Gasteiger partial charge is 0.184 e. The monoisotopic (exact) mass is 656 g/mol. The number of unbranched alkanes of at least 4 members (excludes halogenated alkanes) is 1. The summed E-state index contributed by atoms with van der Waals surface area (Å²) >= 11 is -0.826. The number of halogens is 2. The van der Waals surface area contributed by atoms with Gasteiger partial charge in [0.15, 0.2) is 0 Å². The third-order valence-corrected chi connectivity index (χ3v) is 8.69. The van der Waals surface area contributed by atoms with Gasteiger partial charge in [-0.25, -0.2) is 0 Å². The van der Waals surface area contributed by atoms with Crippen molar-refractivity contribution in [1.29, 1.82) is 0 Å². The summed E-state index contributed by atoms with van der Waals surface area (Å²) in [6.45, 7) is 11.4. The van der Waals surface area contributed by atoms with Crippen molar-refractivity contribution in [3.8, 4) is 22.3 Å². The molecule has 202 valence electrons. The van der Waals surface area contributed by atoms with Gasteiger partial charge >= 0.3 is 37.9 Å². The first kappa shape index (κ1) is 31.1. The molecule has 2 radical (unpaired) electrons. The van der Waals surface area contributed by atoms with Gasteiger partial charge in [-0.05, 0) is 29.9 Å². The molecule has 1 aliphatic heterocycles. The van der Waals surface area contributed by atoms with E-state index in [9.17, 15) is 0 Å². The van der Waals surface area contributed by atoms with Crippen LogP contribution in [0.4, 0.5) is 0 Å². The van der Waals surface area contributed by atoms with Crippen molar-refractivity contribution >= 4 is 47.7 Å². The molecule has 0 aromatic heterocycles. The van der Waals surface area contributed by atoms with Crippen LogP contribution in [0.15, 0.2) is 91.0 Å². The van der Waals surface area contributed by atoms with Gasteiger partial charge < -0.3 is 0 Å². The van der Waals surface area contributed by atoms with E-state index in [1.807, 2.05) is 6.07 Å². The molecule has 0 N–H and O–H groups in total. The number of aryl methyl sites for hydroxylation is 2. The third kappa shape index (κ3) is 7.32. The molecule has 0 amide bonds. The van der Waals surface area contributed by atoms with Gasteiger partial charge in [0.2, 0.25) is 0 Å². The van der Waals surface area contributed by atoms with E-state index in [1.54, 1.807) is 0 Å². The maximum atomic E-state index is 4.93. The summed E-state index contributed by atoms with van der Waals surface area (Å²) in [6.07, 6.45) is 3.70. The summed E-state index contributed by atoms with van der Waals surface area (Å²) in [6, 6.07) is 36.4. The zero-order valence-electron chi connectivity index (χ0n) is 24.0. The maximum Gasteiger partial charge on any atom is 0.0920 e. The molecule has 0 atom stereocenters. The number of fused-ring (bicyclic) bond motifs is 4. The Balaban J connectivity index is 0.000000192. The van der Waals surface area contributed by atoms with Crippen molar-refractivity contribution in [2.75, 3.05) is 0 Å². The second kappa shape index (κ2) is 14.4. The molecule has 5 aromatic rings. The van der Waals surface area contributed by atoms with E-state index in [4.69, 9.17) is 17.0 Å². The van der Waals surface area contributed by atoms with Gasteiger partial charge in [0.05, 0.1) is 9.52 Å². The minimum atomic E-state index is -0.826. The summed E-state index contributed by atoms with van der Waals surface area (Å²) in [7, 11) is 10.7. The number of rotatable bonds is 4. The van der Waals surface area contributed by atoms with Crippen molar-refractivity contribution in [2.45, 2.75) is 59.3 Å². The van der Waals surface area contributed by atoms with Gasteiger partial charge in [0.1, 0.15) is 0 Å². The van der Waals surface area contributed by atoms with Gasteiger partial charge in [0, 0.05) is 0 Å². The molecule has 0 saturated carbocycles. The van der Waals surface area contributed by atoms with E-state index in [2.05, 4.69) is 126 Å². The standard InChI is InChI=1S/C24H29.C12H7Si.2ClH.Zr/c1-6-7-11-18-15-19-13-14-22(24(3,4)5)23(21(19)16-18)20-12-9-8-10-17(20)2;1-3-7-11-9(5-1)10-6-2-4-8-12(10)13-11;;;/h8-10,12-16H,6-7,11H2,1-5H3;1-7H;2*1H;/q2*-1;;;+4/p-2. The normalized spacial score (nSPS) is 11.5. The molecule has 40 heavy (non-hydrogen) atoms. The van der Waals surface area contributed by atoms with E-state index in [0.29, 0.717) is 0 Å². The van der Waals surface area contributed by atoms with E-state index >= 15 is 0 Å². The van der Waals surface area contributed by atoms with Crippen LogP contribution in [0.1, 0.15) is 57.2 Å². The minimum absolute atomic E-state index is 0.132. The molecule has 1 aliphatic rings. The molecule has 0 fully saturated rings. The average Bonchev–Trinajstić information content (AvgIpc) is 3.53. The van der Waals surface area contributed by atoms with E-state index in [0.717, 1.165) is 9.52 Å². The Bertz CT molecular complexity index is 1520. The molecule has 6 rings (SSSR count). The van der Waals surface area contributed by atoms with Crippen molar-refractivity contribution in [3.63, 3.8) is 0 Å². The third-order valence-electron chi connectivity index (χ3n) is 7.32. The molecule has 5 aromatic carbocycles. The quantitative estimate of drug-likeness (QED) is 0.131. The van der Waals surface area contributed by atoms with Crippen molar-refractivity contribution < 1.29 is 20.8 Å². The molecular formula is C36H36Cl2SiZr. The Labute approximate surface area is 262 Å². The van der Waals surface area contributed by atoms with Gasteiger partial charge in [-0.2, -0.15) is 35.5 Å². The van der Waals surface area contributed by atoms with Crippen LogP contribution in [0.25, 0.3) is 33.0 Å². The Kier molecular flexibility index (Phi) is 11.2. The van der Waals surface area contributed by atoms with Gasteiger partial charge in [-0.3, -0.25) is 0 Å². The average molecular weight is 659 g/mol. The Morgan fingerprint density at radius 1 is 0.875 bits per heavy atom. The van der Waals surface area contributed by atoms with E-state index in [-0.39, 0.29) is 5.41 Å². The minimum Gasteiger partial charge on any atom is -0.184 e. The fourth-order valence-corrected chi connectivity index (χ4v) is 6.67. The maximum absolute atomic E-state index is 4.93. The second-order valence-electron chi connectivity index (χ2n) is 11.2. The number of benzene rings is 4. The van der Waals surface area contributed by atoms with Crippen LogP contribution in [-0.4, -0.2) is 9.52 Å². The van der Waals surface area contributed by atoms with Crippen molar-refractivity contribution in [2.24, 2.45) is 0 Å². The molecule has 0 unspecified atom stereocenters. The van der Waals surface area contributed by atoms with Crippen LogP contribution >= 0.6 is 17.0 Å². The fraction of sp³-hybridized carbons (Fsp3) is 0.250. The van der Waals surface area contributed by atoms with Gasteiger partial charge in [-0.1, -0.05) is 111 Å². The predicted molar refractivity (Wildman–Crippen MR) is 174 cm³/mol. The summed E-state index contributed by atoms with van der Waals surface area (Å²) in [5, 5.41) is 5.62. The Morgan fingerprint density at radius 2 is 1.55 bits per heavy atom. The van der Waals surface area contributed by atoms with Crippen LogP contribution in [-0.2, 0) is 32.7 Å². The molecule has 0 bridgehead atoms. The summed E-state index contributed by atoms with van der Waals surface area (Å²) in [4.78, 5) is 0. The predicted octanol–water partition coefficient (Wildman–Crippen LogP) is 9.67. The summed E-state index contributed by atoms with van der Waals surface area (Å²) in [5.74, 6) is 0. The first-order chi connectivity index (χ1) is 19.3. The molecule has 0 nitrogen and oxygen atoms in total. The topological polar surface area (TPSA) is 0 Å². The van der Waals surface area contributed by atoms with Crippen molar-refractivity contribution in [1.82, 2.24) is 0 Å². The smallest absolute Gasteiger partial charge is 0.0920 e. The van der Waals surface area contributed by atoms with Crippen LogP contribution in [0, 0.1) is 13.0 Å². The zero-order valence-corrected chi connectivity index (χ0v) is 29.0. The van der Waals surface area contributed by atoms with Crippen LogP contribution < -0.4 is 10.4 Å². The molecular weight excluding hydrogens is 623 g/mol. The number of hydrogen-bond acceptors (Lipinski definition) is 0. The first-order valence-corrected chi connectivity index (χ1v) is 21.2. The summed E-state index contributed by atoms with van der Waals surface area (Å²) < 4.78 is 0. The van der Waals surface area contributed by atoms with E-state index in [1.165, 1.54) is 79.4 Å². The Hall–Kier alpha value is -1.83. The van der Waals surface area contributed by atoms with E-state index < -0.39 is 20.8 Å². The first-order valence-electron chi connectivity index (χ1n) is 13.9. The number of hydrogen-bond donors (Lipinski definition) is 0. The molecule has 4 heteroatoms. The van der Waals surface area contributed by atoms with Crippen molar-refractivity contribution in [3.05, 3.63) is 114 Å². The fourth-order valence-electron chi connectivity index (χ4n) is 5.36. The van der Waals surface area contributed by atoms with Gasteiger partial charge in [0.25, 0.3) is 0 Å². The van der Waals surface area contributed by atoms with Gasteiger partial charge in [-0.15, -0.1) is 40.1 Å². The molecule has 0 aliphatic carbocycles. The Morgan fingerprint density at radius 3 is 2.25 bits per heavy atom. The van der Waals surface area contributed by atoms with Crippen LogP contribution in [0.5, 0.6) is 0 Å². The SMILES string of the molecule is CCCCc1cc2c(-c3ccccc3C)c(C(C)(C)C)ccc2[cH-]1.[Cl][Zr+2][Cl].[c-]1cccc2c1[Si]c1ccccc1-2. The second-order valence-corrected chi connectivity index (χ2v) is 16.2. The van der Waals surface area contributed by atoms with Crippen LogP contribution in [0.3, 0.4) is 0 Å². The zero-order chi connectivity index (χ0) is 28.7. The summed E-state index contributed by atoms with van der Waals surface area (Å²) in [5.41, 5.74) is 9.98. The molecule has 0 saturated heterocycles. The van der Waals surface area contributed by atoms with Crippen LogP contribution in [0.2, 0.25) is 0 Å². The molecule has 1 heterocycles.